The number of hydrogen-bond donors (Lipinski definition) is 0. The number of halogens is 6. The summed E-state index contributed by atoms with van der Waals surface area (Å²) >= 11 is -8.02. The van der Waals surface area contributed by atoms with Gasteiger partial charge in [-0.1, -0.05) is 0 Å². The summed E-state index contributed by atoms with van der Waals surface area (Å²) in [6.07, 6.45) is 0. The zero-order chi connectivity index (χ0) is 54.0. The molecule has 0 N–H and O–H groups in total. The molecule has 0 aliphatic heterocycles. The predicted octanol–water partition coefficient (Wildman–Crippen LogP) is 6.72. The van der Waals surface area contributed by atoms with Gasteiger partial charge in [-0.15, -0.1) is 0 Å². The third kappa shape index (κ3) is 5720. The average Bonchev–Trinajstić information content (AvgIpc) is 2.48. The van der Waals surface area contributed by atoms with Gasteiger partial charge in [0, 0.05) is 0 Å². The molecule has 0 aromatic carbocycles. The van der Waals surface area contributed by atoms with Crippen LogP contribution in [0.2, 0.25) is 95.0 Å². The summed E-state index contributed by atoms with van der Waals surface area (Å²) in [4.78, 5) is 101. The summed E-state index contributed by atoms with van der Waals surface area (Å²) in [7, 11) is -33.8. The Hall–Kier alpha value is 6.79. The molecule has 0 fully saturated rings. The van der Waals surface area contributed by atoms with Gasteiger partial charge in [0.15, 0.2) is 0 Å². The van der Waals surface area contributed by atoms with E-state index in [1.165, 1.54) is 0 Å². The normalized spacial score (nSPS) is 11.9. The summed E-state index contributed by atoms with van der Waals surface area (Å²) in [6.45, 7) is 0. The average molecular weight is 2380 g/mol. The zero-order valence-electron chi connectivity index (χ0n) is 39.3. The van der Waals surface area contributed by atoms with Crippen LogP contribution in [0.4, 0.5) is 25.2 Å². The summed E-state index contributed by atoms with van der Waals surface area (Å²) in [5, 5.41) is 0. The molecule has 0 amide bonds. The van der Waals surface area contributed by atoms with E-state index in [4.69, 9.17) is 86.1 Å². The van der Waals surface area contributed by atoms with Crippen molar-refractivity contribution >= 4 is 47.4 Å². The van der Waals surface area contributed by atoms with Crippen molar-refractivity contribution < 1.29 is 257 Å². The van der Waals surface area contributed by atoms with Crippen molar-refractivity contribution in [2.24, 2.45) is 0 Å². The van der Waals surface area contributed by atoms with Crippen LogP contribution in [0.3, 0.4) is 0 Å². The summed E-state index contributed by atoms with van der Waals surface area (Å²) in [6, 6.07) is 0. The molecule has 0 aliphatic rings. The Kier molecular flexibility index (Phi) is 71.4. The van der Waals surface area contributed by atoms with Gasteiger partial charge in [0.25, 0.3) is 0 Å². The van der Waals surface area contributed by atoms with Crippen molar-refractivity contribution in [1.82, 2.24) is 0 Å². The van der Waals surface area contributed by atoms with Gasteiger partial charge in [0.1, 0.15) is 47.4 Å². The van der Waals surface area contributed by atoms with Crippen LogP contribution in [0.15, 0.2) is 0 Å². The molecular weight excluding hydrogens is 2300 g/mol. The van der Waals surface area contributed by atoms with Gasteiger partial charge in [-0.3, -0.25) is 0 Å². The Balaban J connectivity index is -0.0000000419. The molecule has 0 aromatic heterocycles. The number of hydrogen-bond acceptors (Lipinski definition) is 18. The molecule has 0 atom stereocenters. The van der Waals surface area contributed by atoms with E-state index in [9.17, 15) is 25.2 Å². The molecule has 0 bridgehead atoms. The first-order chi connectivity index (χ1) is 24.0. The molecule has 18 nitrogen and oxygen atoms in total. The van der Waals surface area contributed by atoms with Gasteiger partial charge in [-0.2, -0.15) is 0 Å². The predicted molar refractivity (Wildman–Crippen MR) is 193 cm³/mol. The van der Waals surface area contributed by atoms with Gasteiger partial charge < -0.3 is 86.1 Å². The monoisotopic (exact) mass is 2380 g/mol. The van der Waals surface area contributed by atoms with Crippen LogP contribution in [0.25, 0.3) is 0 Å². The SMILES string of the molecule is O=P([O-])([O-])F.O=P([O-])([O-])F.O=P([O-])([O-])F.O=P([O-])([O-])F.O=P([O-])([O-])F.O=P([O-])([O-])F.[CH3][U+2]([CH3])([CH3])[CH3].[CH3][U+2]([CH3])([CH3])[CH3].[CH3][U+2]([CH3])([CH3])[CH3].[CH3][U+2]([CH3])([CH3])[CH3].[CH3][U+2]([CH3])([CH3])[CH3].[CH3][U+2]([CH3])([CH3])[CH3]. The van der Waals surface area contributed by atoms with Gasteiger partial charge in [-0.25, -0.2) is 25.2 Å². The van der Waals surface area contributed by atoms with Crippen molar-refractivity contribution in [3.8, 4) is 0 Å². The Bertz CT molecular complexity index is 924. The van der Waals surface area contributed by atoms with E-state index in [-0.39, 0.29) is 0 Å². The van der Waals surface area contributed by atoms with E-state index in [0.717, 1.165) is 0 Å². The topological polar surface area (TPSA) is 379 Å². The van der Waals surface area contributed by atoms with E-state index in [1.54, 1.807) is 0 Å². The minimum atomic E-state index is -5.64. The molecule has 0 spiro atoms. The molecule has 0 rings (SSSR count). The third-order valence-corrected chi connectivity index (χ3v) is 0. The van der Waals surface area contributed by atoms with Crippen LogP contribution < -0.4 is 58.7 Å². The molecule has 0 unspecified atom stereocenters. The standard InChI is InChI=1S/24CH3.6FH2O3P.6U/c;;;;;;;;;;;;;;;;;;;;;;;;6*1-5(2,3)4;;;;;;/h24*1H3;6*(H2,2,3,4);;;;;;/q;;;;;;;;;;;;;;;;;;;;;;;;;;;;;;6*+2/p-12. The van der Waals surface area contributed by atoms with E-state index < -0.39 is 194 Å². The van der Waals surface area contributed by atoms with Crippen LogP contribution in [0.1, 0.15) is 0 Å². The van der Waals surface area contributed by atoms with Gasteiger partial charge in [0.2, 0.25) is 0 Å². The van der Waals surface area contributed by atoms with Gasteiger partial charge in [0.05, 0.1) is 0 Å². The van der Waals surface area contributed by atoms with Crippen LogP contribution in [0.5, 0.6) is 0 Å². The van der Waals surface area contributed by atoms with Crippen molar-refractivity contribution in [1.29, 1.82) is 0 Å². The molecule has 372 valence electrons. The Morgan fingerprint density at radius 3 is 0.200 bits per heavy atom. The second kappa shape index (κ2) is 44.5. The molecule has 0 saturated heterocycles. The van der Waals surface area contributed by atoms with Gasteiger partial charge >= 0.3 is 241 Å². The fourth-order valence-corrected chi connectivity index (χ4v) is 0. The minimum absolute atomic E-state index is 1.34. The van der Waals surface area contributed by atoms with E-state index >= 15 is 0 Å². The molecule has 60 heavy (non-hydrogen) atoms. The van der Waals surface area contributed by atoms with E-state index in [1.807, 2.05) is 0 Å². The Morgan fingerprint density at radius 2 is 0.200 bits per heavy atom. The first-order valence-corrected chi connectivity index (χ1v) is 125. The molecular formula is C24H72F6O18P6U6. The van der Waals surface area contributed by atoms with Crippen molar-refractivity contribution in [3.63, 3.8) is 0 Å². The van der Waals surface area contributed by atoms with Gasteiger partial charge in [-0.05, 0) is 0 Å². The fourth-order valence-electron chi connectivity index (χ4n) is 0. The fraction of sp³-hybridized carbons (Fsp3) is 1.00. The summed E-state index contributed by atoms with van der Waals surface area (Å²) in [5.41, 5.74) is 0. The third-order valence-electron chi connectivity index (χ3n) is 0. The van der Waals surface area contributed by atoms with Crippen LogP contribution in [-0.4, -0.2) is 0 Å². The zero-order valence-corrected chi connectivity index (χ0v) is 69.6. The second-order valence-electron chi connectivity index (χ2n) is 20.6. The Labute approximate surface area is 392 Å². The first-order valence-electron chi connectivity index (χ1n) is 16.3. The first kappa shape index (κ1) is 96.3. The molecule has 0 saturated carbocycles. The van der Waals surface area contributed by atoms with Crippen molar-refractivity contribution in [2.45, 2.75) is 95.0 Å². The molecule has 0 aromatic rings. The maximum atomic E-state index is 10.1. The molecule has 36 heteroatoms. The van der Waals surface area contributed by atoms with Crippen LogP contribution in [-0.2, 0) is 27.4 Å². The van der Waals surface area contributed by atoms with E-state index in [2.05, 4.69) is 95.0 Å². The van der Waals surface area contributed by atoms with E-state index in [0.29, 0.717) is 0 Å². The maximum absolute atomic E-state index is 10.1. The molecule has 0 aliphatic carbocycles. The van der Waals surface area contributed by atoms with Crippen LogP contribution in [0, 0.1) is 146 Å². The van der Waals surface area contributed by atoms with Crippen molar-refractivity contribution in [3.05, 3.63) is 0 Å². The summed E-state index contributed by atoms with van der Waals surface area (Å²) in [5.74, 6) is 0. The van der Waals surface area contributed by atoms with Crippen LogP contribution >= 0.6 is 47.4 Å². The quantitative estimate of drug-likeness (QED) is 0.179. The van der Waals surface area contributed by atoms with Crippen molar-refractivity contribution in [2.75, 3.05) is 0 Å². The summed E-state index contributed by atoms with van der Waals surface area (Å²) < 4.78 is 169. The Morgan fingerprint density at radius 1 is 0.200 bits per heavy atom. The number of rotatable bonds is 0. The second-order valence-corrected chi connectivity index (χ2v) is 176. The molecule has 0 radical (unpaired) electrons. The molecule has 0 heterocycles.